The molecule has 3 aromatic rings. The molecule has 7 nitrogen and oxygen atoms in total. The van der Waals surface area contributed by atoms with E-state index in [-0.39, 0.29) is 31.5 Å². The fourth-order valence-electron chi connectivity index (χ4n) is 4.62. The Morgan fingerprint density at radius 2 is 1.43 bits per heavy atom. The van der Waals surface area contributed by atoms with E-state index in [1.54, 1.807) is 11.8 Å². The molecule has 40 heavy (non-hydrogen) atoms. The smallest absolute Gasteiger partial charge is 0.326 e. The molecule has 0 aliphatic rings. The van der Waals surface area contributed by atoms with Crippen LogP contribution in [0.25, 0.3) is 11.1 Å². The first-order chi connectivity index (χ1) is 19.3. The molecule has 0 saturated carbocycles. The molecule has 2 atom stereocenters. The molecular weight excluding hydrogens is 504 g/mol. The van der Waals surface area contributed by atoms with Gasteiger partial charge in [0, 0.05) is 19.5 Å². The number of aryl methyl sites for hydroxylation is 1. The van der Waals surface area contributed by atoms with Gasteiger partial charge >= 0.3 is 18.0 Å². The minimum absolute atomic E-state index is 0.122. The average Bonchev–Trinajstić information content (AvgIpc) is 2.95. The summed E-state index contributed by atoms with van der Waals surface area (Å²) < 4.78 is 5.33. The van der Waals surface area contributed by atoms with Crippen molar-refractivity contribution in [2.24, 2.45) is 11.8 Å². The van der Waals surface area contributed by atoms with Gasteiger partial charge in [0.25, 0.3) is 0 Å². The zero-order valence-electron chi connectivity index (χ0n) is 23.6. The van der Waals surface area contributed by atoms with Crippen LogP contribution in [0, 0.1) is 11.8 Å². The molecular formula is C33H40N2O5. The molecule has 1 unspecified atom stereocenters. The maximum absolute atomic E-state index is 13.4. The Kier molecular flexibility index (Phi) is 11.8. The molecule has 212 valence electrons. The third-order valence-corrected chi connectivity index (χ3v) is 6.65. The van der Waals surface area contributed by atoms with Gasteiger partial charge in [0.05, 0.1) is 12.5 Å². The number of rotatable bonds is 14. The van der Waals surface area contributed by atoms with Crippen molar-refractivity contribution in [2.45, 2.75) is 46.1 Å². The Hall–Kier alpha value is -4.13. The zero-order chi connectivity index (χ0) is 28.9. The first-order valence-electron chi connectivity index (χ1n) is 13.9. The minimum Gasteiger partial charge on any atom is -0.480 e. The first-order valence-corrected chi connectivity index (χ1v) is 13.9. The number of nitrogens with one attached hydrogen (secondary N) is 1. The second kappa shape index (κ2) is 15.5. The van der Waals surface area contributed by atoms with Crippen LogP contribution in [-0.4, -0.2) is 53.7 Å². The van der Waals surface area contributed by atoms with Crippen LogP contribution in [0.4, 0.5) is 4.79 Å². The van der Waals surface area contributed by atoms with E-state index in [4.69, 9.17) is 4.74 Å². The molecule has 0 aliphatic heterocycles. The molecule has 0 heterocycles. The summed E-state index contributed by atoms with van der Waals surface area (Å²) in [5.41, 5.74) is 4.00. The number of hydrogen-bond donors (Lipinski definition) is 2. The van der Waals surface area contributed by atoms with Crippen molar-refractivity contribution in [3.05, 3.63) is 96.1 Å². The van der Waals surface area contributed by atoms with E-state index in [1.807, 2.05) is 98.8 Å². The molecule has 0 fully saturated rings. The minimum atomic E-state index is -1.12. The Labute approximate surface area is 237 Å². The summed E-state index contributed by atoms with van der Waals surface area (Å²) in [5.74, 6) is -1.88. The molecule has 0 bridgehead atoms. The van der Waals surface area contributed by atoms with Crippen LogP contribution in [0.1, 0.15) is 38.3 Å². The second-order valence-electron chi connectivity index (χ2n) is 10.4. The van der Waals surface area contributed by atoms with Crippen molar-refractivity contribution in [1.82, 2.24) is 10.2 Å². The lowest BCUT2D eigenvalue weighted by Gasteiger charge is -2.29. The van der Waals surface area contributed by atoms with Gasteiger partial charge in [0.1, 0.15) is 6.04 Å². The van der Waals surface area contributed by atoms with Crippen LogP contribution in [0.2, 0.25) is 0 Å². The fourth-order valence-corrected chi connectivity index (χ4v) is 4.62. The third-order valence-electron chi connectivity index (χ3n) is 6.65. The number of esters is 1. The molecule has 0 aromatic heterocycles. The van der Waals surface area contributed by atoms with Gasteiger partial charge in [0.2, 0.25) is 0 Å². The molecule has 0 saturated heterocycles. The number of urea groups is 1. The molecule has 0 radical (unpaired) electrons. The van der Waals surface area contributed by atoms with Crippen LogP contribution in [0.5, 0.6) is 0 Å². The van der Waals surface area contributed by atoms with Crippen molar-refractivity contribution >= 4 is 18.0 Å². The van der Waals surface area contributed by atoms with E-state index < -0.39 is 24.0 Å². The third kappa shape index (κ3) is 9.56. The lowest BCUT2D eigenvalue weighted by molar-refractivity contribution is -0.148. The lowest BCUT2D eigenvalue weighted by Crippen LogP contribution is -2.51. The van der Waals surface area contributed by atoms with E-state index in [2.05, 4.69) is 5.32 Å². The van der Waals surface area contributed by atoms with Gasteiger partial charge in [-0.05, 0) is 47.9 Å². The average molecular weight is 545 g/mol. The van der Waals surface area contributed by atoms with Crippen molar-refractivity contribution < 1.29 is 24.2 Å². The number of hydrogen-bond acceptors (Lipinski definition) is 4. The molecule has 2 N–H and O–H groups in total. The Morgan fingerprint density at radius 3 is 2.00 bits per heavy atom. The van der Waals surface area contributed by atoms with Gasteiger partial charge in [-0.1, -0.05) is 98.8 Å². The number of carbonyl (C=O) groups excluding carboxylic acids is 2. The van der Waals surface area contributed by atoms with Crippen LogP contribution in [-0.2, 0) is 27.2 Å². The van der Waals surface area contributed by atoms with E-state index in [1.165, 1.54) is 0 Å². The number of aliphatic carboxylic acids is 1. The van der Waals surface area contributed by atoms with Gasteiger partial charge in [-0.2, -0.15) is 0 Å². The summed E-state index contributed by atoms with van der Waals surface area (Å²) in [6.45, 7) is 6.49. The van der Waals surface area contributed by atoms with Crippen molar-refractivity contribution in [1.29, 1.82) is 0 Å². The number of ether oxygens (including phenoxy) is 1. The van der Waals surface area contributed by atoms with E-state index in [0.717, 1.165) is 22.3 Å². The highest BCUT2D eigenvalue weighted by molar-refractivity contribution is 5.83. The summed E-state index contributed by atoms with van der Waals surface area (Å²) in [7, 11) is 0. The van der Waals surface area contributed by atoms with Gasteiger partial charge < -0.3 is 20.1 Å². The highest BCUT2D eigenvalue weighted by Crippen LogP contribution is 2.20. The Balaban J connectivity index is 1.71. The summed E-state index contributed by atoms with van der Waals surface area (Å²) in [4.78, 5) is 39.9. The molecule has 3 rings (SSSR count). The maximum Gasteiger partial charge on any atom is 0.326 e. The van der Waals surface area contributed by atoms with Crippen LogP contribution in [0.15, 0.2) is 84.9 Å². The van der Waals surface area contributed by atoms with Crippen LogP contribution in [0.3, 0.4) is 0 Å². The quantitative estimate of drug-likeness (QED) is 0.249. The monoisotopic (exact) mass is 544 g/mol. The molecule has 3 aromatic carbocycles. The molecule has 7 heteroatoms. The standard InChI is InChI=1S/C33H40N2O5/c1-4-40-32(38)29(20-15-25-11-7-5-8-12-25)23-35(22-24(2)3)33(39)34-30(31(36)37)21-26-16-18-28(19-17-26)27-13-9-6-10-14-27/h5-14,16-19,24,29-30H,4,15,20-23H2,1-3H3,(H,34,39)(H,36,37)/t29?,30-/m0/s1. The normalized spacial score (nSPS) is 12.4. The lowest BCUT2D eigenvalue weighted by atomic mass is 9.98. The number of nitrogens with zero attached hydrogens (tertiary/aromatic N) is 1. The Bertz CT molecular complexity index is 1210. The van der Waals surface area contributed by atoms with Crippen LogP contribution < -0.4 is 5.32 Å². The summed E-state index contributed by atoms with van der Waals surface area (Å²) in [6, 6.07) is 25.8. The maximum atomic E-state index is 13.4. The number of carboxylic acid groups (broad SMARTS) is 1. The number of amides is 2. The zero-order valence-corrected chi connectivity index (χ0v) is 23.6. The highest BCUT2D eigenvalue weighted by atomic mass is 16.5. The van der Waals surface area contributed by atoms with Crippen molar-refractivity contribution in [3.63, 3.8) is 0 Å². The summed E-state index contributed by atoms with van der Waals surface area (Å²) in [6.07, 6.45) is 1.32. The van der Waals surface area contributed by atoms with Gasteiger partial charge in [-0.15, -0.1) is 0 Å². The second-order valence-corrected chi connectivity index (χ2v) is 10.4. The SMILES string of the molecule is CCOC(=O)C(CCc1ccccc1)CN(CC(C)C)C(=O)N[C@@H](Cc1ccc(-c2ccccc2)cc1)C(=O)O. The summed E-state index contributed by atoms with van der Waals surface area (Å²) in [5, 5.41) is 12.6. The molecule has 0 spiro atoms. The largest absolute Gasteiger partial charge is 0.480 e. The van der Waals surface area contributed by atoms with Gasteiger partial charge in [0.15, 0.2) is 0 Å². The van der Waals surface area contributed by atoms with Gasteiger partial charge in [-0.3, -0.25) is 4.79 Å². The summed E-state index contributed by atoms with van der Waals surface area (Å²) >= 11 is 0. The number of carbonyl (C=O) groups is 3. The van der Waals surface area contributed by atoms with Gasteiger partial charge in [-0.25, -0.2) is 9.59 Å². The Morgan fingerprint density at radius 1 is 0.825 bits per heavy atom. The van der Waals surface area contributed by atoms with Crippen LogP contribution >= 0.6 is 0 Å². The van der Waals surface area contributed by atoms with E-state index >= 15 is 0 Å². The predicted octanol–water partition coefficient (Wildman–Crippen LogP) is 5.83. The highest BCUT2D eigenvalue weighted by Gasteiger charge is 2.29. The molecule has 2 amide bonds. The van der Waals surface area contributed by atoms with E-state index in [9.17, 15) is 19.5 Å². The first kappa shape index (κ1) is 30.4. The van der Waals surface area contributed by atoms with Crippen molar-refractivity contribution in [3.8, 4) is 11.1 Å². The van der Waals surface area contributed by atoms with E-state index in [0.29, 0.717) is 19.4 Å². The topological polar surface area (TPSA) is 95.9 Å². The van der Waals surface area contributed by atoms with Crippen molar-refractivity contribution in [2.75, 3.05) is 19.7 Å². The molecule has 0 aliphatic carbocycles. The number of benzene rings is 3. The predicted molar refractivity (Wildman–Crippen MR) is 157 cm³/mol. The fraction of sp³-hybridized carbons (Fsp3) is 0.364. The number of carboxylic acids is 1.